The third-order valence-electron chi connectivity index (χ3n) is 3.97. The molecule has 0 bridgehead atoms. The molecule has 0 radical (unpaired) electrons. The summed E-state index contributed by atoms with van der Waals surface area (Å²) >= 11 is 4.82. The zero-order valence-electron chi connectivity index (χ0n) is 15.1. The number of anilines is 1. The highest BCUT2D eigenvalue weighted by Crippen LogP contribution is 2.25. The van der Waals surface area contributed by atoms with Gasteiger partial charge >= 0.3 is 0 Å². The minimum Gasteiger partial charge on any atom is -0.497 e. The maximum Gasteiger partial charge on any atom is 0.234 e. The number of ether oxygens (including phenoxy) is 1. The quantitative estimate of drug-likeness (QED) is 0.381. The van der Waals surface area contributed by atoms with Crippen LogP contribution in [0.5, 0.6) is 5.75 Å². The molecule has 0 aliphatic carbocycles. The fraction of sp³-hybridized carbons (Fsp3) is 0.0909. The average molecular weight is 456 g/mol. The molecule has 142 valence electrons. The highest BCUT2D eigenvalue weighted by atomic mass is 79.9. The van der Waals surface area contributed by atoms with Gasteiger partial charge in [0.15, 0.2) is 5.78 Å². The van der Waals surface area contributed by atoms with Crippen LogP contribution in [0, 0.1) is 0 Å². The van der Waals surface area contributed by atoms with E-state index in [1.165, 1.54) is 11.8 Å². The molecule has 0 fully saturated rings. The van der Waals surface area contributed by atoms with Crippen molar-refractivity contribution in [3.05, 3.63) is 88.4 Å². The van der Waals surface area contributed by atoms with Crippen molar-refractivity contribution in [1.29, 1.82) is 0 Å². The van der Waals surface area contributed by atoms with Gasteiger partial charge in [0.25, 0.3) is 0 Å². The molecule has 0 aromatic heterocycles. The maximum atomic E-state index is 12.9. The van der Waals surface area contributed by atoms with E-state index in [4.69, 9.17) is 4.74 Å². The Morgan fingerprint density at radius 1 is 1.00 bits per heavy atom. The highest BCUT2D eigenvalue weighted by Gasteiger charge is 2.16. The van der Waals surface area contributed by atoms with Crippen LogP contribution in [0.15, 0.2) is 82.2 Å². The van der Waals surface area contributed by atoms with Crippen LogP contribution in [-0.2, 0) is 4.79 Å². The van der Waals surface area contributed by atoms with Gasteiger partial charge in [-0.2, -0.15) is 0 Å². The molecule has 3 aromatic carbocycles. The normalized spacial score (nSPS) is 10.4. The number of carbonyl (C=O) groups is 2. The number of hydrogen-bond donors (Lipinski definition) is 1. The van der Waals surface area contributed by atoms with Crippen molar-refractivity contribution >= 4 is 45.1 Å². The Morgan fingerprint density at radius 3 is 2.39 bits per heavy atom. The Hall–Kier alpha value is -2.57. The molecular formula is C22H18BrNO3S. The third kappa shape index (κ3) is 5.24. The number of methoxy groups -OCH3 is 1. The van der Waals surface area contributed by atoms with Gasteiger partial charge in [-0.15, -0.1) is 11.8 Å². The van der Waals surface area contributed by atoms with Gasteiger partial charge in [0.05, 0.1) is 18.6 Å². The predicted octanol–water partition coefficient (Wildman–Crippen LogP) is 5.42. The van der Waals surface area contributed by atoms with Crippen LogP contribution in [0.3, 0.4) is 0 Å². The van der Waals surface area contributed by atoms with Crippen molar-refractivity contribution in [3.63, 3.8) is 0 Å². The summed E-state index contributed by atoms with van der Waals surface area (Å²) in [4.78, 5) is 26.2. The Kier molecular flexibility index (Phi) is 6.90. The van der Waals surface area contributed by atoms with Crippen molar-refractivity contribution < 1.29 is 14.3 Å². The molecule has 0 saturated carbocycles. The molecule has 0 aliphatic rings. The van der Waals surface area contributed by atoms with Gasteiger partial charge in [0, 0.05) is 20.5 Å². The second-order valence-corrected chi connectivity index (χ2v) is 7.86. The van der Waals surface area contributed by atoms with Gasteiger partial charge in [-0.1, -0.05) is 46.3 Å². The molecular weight excluding hydrogens is 438 g/mol. The summed E-state index contributed by atoms with van der Waals surface area (Å²) in [6, 6.07) is 21.8. The molecule has 0 saturated heterocycles. The van der Waals surface area contributed by atoms with Gasteiger partial charge in [-0.3, -0.25) is 9.59 Å². The molecule has 0 heterocycles. The molecule has 0 aliphatic heterocycles. The molecule has 0 unspecified atom stereocenters. The van der Waals surface area contributed by atoms with Crippen molar-refractivity contribution in [2.75, 3.05) is 18.2 Å². The standard InChI is InChI=1S/C22H18BrNO3S/c1-27-17-8-10-18(11-9-17)28-14-21(25)24-20-12-7-16(23)13-19(20)22(26)15-5-3-2-4-6-15/h2-13H,14H2,1H3,(H,24,25). The number of benzene rings is 3. The van der Waals surface area contributed by atoms with Gasteiger partial charge in [0.1, 0.15) is 5.75 Å². The first-order valence-corrected chi connectivity index (χ1v) is 10.3. The molecule has 1 N–H and O–H groups in total. The summed E-state index contributed by atoms with van der Waals surface area (Å²) in [5.41, 5.74) is 1.52. The summed E-state index contributed by atoms with van der Waals surface area (Å²) in [7, 11) is 1.61. The van der Waals surface area contributed by atoms with Crippen LogP contribution in [0.2, 0.25) is 0 Å². The second-order valence-electron chi connectivity index (χ2n) is 5.90. The van der Waals surface area contributed by atoms with E-state index in [0.717, 1.165) is 15.1 Å². The lowest BCUT2D eigenvalue weighted by Crippen LogP contribution is -2.17. The van der Waals surface area contributed by atoms with Crippen LogP contribution in [0.4, 0.5) is 5.69 Å². The Morgan fingerprint density at radius 2 is 1.71 bits per heavy atom. The summed E-state index contributed by atoms with van der Waals surface area (Å²) in [6.45, 7) is 0. The summed E-state index contributed by atoms with van der Waals surface area (Å²) in [5.74, 6) is 0.694. The number of amides is 1. The fourth-order valence-corrected chi connectivity index (χ4v) is 3.63. The molecule has 6 heteroatoms. The number of hydrogen-bond acceptors (Lipinski definition) is 4. The minimum absolute atomic E-state index is 0.139. The molecule has 3 aromatic rings. The first kappa shape index (κ1) is 20.2. The summed E-state index contributed by atoms with van der Waals surface area (Å²) in [6.07, 6.45) is 0. The average Bonchev–Trinajstić information content (AvgIpc) is 2.74. The SMILES string of the molecule is COc1ccc(SCC(=O)Nc2ccc(Br)cc2C(=O)c2ccccc2)cc1. The summed E-state index contributed by atoms with van der Waals surface area (Å²) in [5, 5.41) is 2.86. The van der Waals surface area contributed by atoms with Crippen LogP contribution >= 0.6 is 27.7 Å². The topological polar surface area (TPSA) is 55.4 Å². The molecule has 1 amide bonds. The van der Waals surface area contributed by atoms with E-state index in [1.807, 2.05) is 42.5 Å². The lowest BCUT2D eigenvalue weighted by atomic mass is 10.0. The molecule has 0 spiro atoms. The van der Waals surface area contributed by atoms with Gasteiger partial charge in [-0.05, 0) is 42.5 Å². The first-order valence-electron chi connectivity index (χ1n) is 8.53. The maximum absolute atomic E-state index is 12.9. The van der Waals surface area contributed by atoms with Gasteiger partial charge in [0.2, 0.25) is 5.91 Å². The second kappa shape index (κ2) is 9.57. The number of nitrogens with one attached hydrogen (secondary N) is 1. The van der Waals surface area contributed by atoms with E-state index in [0.29, 0.717) is 16.8 Å². The first-order chi connectivity index (χ1) is 13.6. The summed E-state index contributed by atoms with van der Waals surface area (Å²) < 4.78 is 5.91. The van der Waals surface area contributed by atoms with Gasteiger partial charge < -0.3 is 10.1 Å². The van der Waals surface area contributed by atoms with Crippen LogP contribution in [-0.4, -0.2) is 24.6 Å². The lowest BCUT2D eigenvalue weighted by molar-refractivity contribution is -0.113. The van der Waals surface area contributed by atoms with E-state index in [9.17, 15) is 9.59 Å². The molecule has 3 rings (SSSR count). The van der Waals surface area contributed by atoms with E-state index >= 15 is 0 Å². The van der Waals surface area contributed by atoms with Crippen molar-refractivity contribution in [1.82, 2.24) is 0 Å². The predicted molar refractivity (Wildman–Crippen MR) is 116 cm³/mol. The fourth-order valence-electron chi connectivity index (χ4n) is 2.57. The smallest absolute Gasteiger partial charge is 0.234 e. The molecule has 4 nitrogen and oxygen atoms in total. The number of rotatable bonds is 7. The molecule has 0 atom stereocenters. The number of halogens is 1. The van der Waals surface area contributed by atoms with E-state index in [1.54, 1.807) is 37.4 Å². The highest BCUT2D eigenvalue weighted by molar-refractivity contribution is 9.10. The Bertz CT molecular complexity index is 975. The van der Waals surface area contributed by atoms with Gasteiger partial charge in [-0.25, -0.2) is 0 Å². The lowest BCUT2D eigenvalue weighted by Gasteiger charge is -2.11. The number of carbonyl (C=O) groups excluding carboxylic acids is 2. The van der Waals surface area contributed by atoms with E-state index in [-0.39, 0.29) is 17.4 Å². The van der Waals surface area contributed by atoms with Crippen molar-refractivity contribution in [3.8, 4) is 5.75 Å². The monoisotopic (exact) mass is 455 g/mol. The number of thioether (sulfide) groups is 1. The minimum atomic E-state index is -0.176. The van der Waals surface area contributed by atoms with Crippen LogP contribution < -0.4 is 10.1 Å². The van der Waals surface area contributed by atoms with E-state index in [2.05, 4.69) is 21.2 Å². The van der Waals surface area contributed by atoms with Crippen LogP contribution in [0.25, 0.3) is 0 Å². The zero-order chi connectivity index (χ0) is 19.9. The van der Waals surface area contributed by atoms with Crippen molar-refractivity contribution in [2.24, 2.45) is 0 Å². The largest absolute Gasteiger partial charge is 0.497 e. The van der Waals surface area contributed by atoms with Crippen LogP contribution in [0.1, 0.15) is 15.9 Å². The number of ketones is 1. The molecule has 28 heavy (non-hydrogen) atoms. The Balaban J connectivity index is 1.71. The zero-order valence-corrected chi connectivity index (χ0v) is 17.5. The van der Waals surface area contributed by atoms with Crippen molar-refractivity contribution in [2.45, 2.75) is 4.90 Å². The van der Waals surface area contributed by atoms with E-state index < -0.39 is 0 Å². The Labute approximate surface area is 176 Å². The third-order valence-corrected chi connectivity index (χ3v) is 5.47.